The number of halogens is 1. The summed E-state index contributed by atoms with van der Waals surface area (Å²) in [6.07, 6.45) is 0. The molecule has 156 valence electrons. The number of carbonyl (C=O) groups is 3. The van der Waals surface area contributed by atoms with Crippen LogP contribution in [-0.2, 0) is 4.79 Å². The second-order valence-corrected chi connectivity index (χ2v) is 7.47. The average Bonchev–Trinajstić information content (AvgIpc) is 2.76. The molecule has 1 fully saturated rings. The van der Waals surface area contributed by atoms with Crippen LogP contribution in [-0.4, -0.2) is 73.3 Å². The lowest BCUT2D eigenvalue weighted by atomic mass is 10.1. The average molecular weight is 410 g/mol. The number of nitrogens with one attached hydrogen (secondary N) is 1. The molecule has 1 saturated heterocycles. The Morgan fingerprint density at radius 3 is 2.53 bits per heavy atom. The lowest BCUT2D eigenvalue weighted by Crippen LogP contribution is -2.52. The van der Waals surface area contributed by atoms with Crippen molar-refractivity contribution >= 4 is 23.3 Å². The minimum absolute atomic E-state index is 0.0571. The van der Waals surface area contributed by atoms with E-state index in [2.05, 4.69) is 10.2 Å². The largest absolute Gasteiger partial charge is 0.314 e. The molecule has 7 nitrogen and oxygen atoms in total. The first-order valence-electron chi connectivity index (χ1n) is 9.93. The van der Waals surface area contributed by atoms with Gasteiger partial charge < -0.3 is 10.2 Å². The molecule has 2 aliphatic rings. The van der Waals surface area contributed by atoms with Gasteiger partial charge in [-0.25, -0.2) is 4.39 Å². The molecule has 8 heteroatoms. The number of rotatable bonds is 5. The summed E-state index contributed by atoms with van der Waals surface area (Å²) in [4.78, 5) is 43.5. The van der Waals surface area contributed by atoms with Crippen LogP contribution in [0.4, 0.5) is 10.1 Å². The molecule has 0 spiro atoms. The Kier molecular flexibility index (Phi) is 5.87. The fourth-order valence-electron chi connectivity index (χ4n) is 3.83. The van der Waals surface area contributed by atoms with E-state index in [9.17, 15) is 18.8 Å². The van der Waals surface area contributed by atoms with E-state index in [1.54, 1.807) is 24.3 Å². The van der Waals surface area contributed by atoms with Gasteiger partial charge in [0.05, 0.1) is 24.3 Å². The van der Waals surface area contributed by atoms with E-state index in [1.165, 1.54) is 34.1 Å². The van der Waals surface area contributed by atoms with E-state index < -0.39 is 11.7 Å². The van der Waals surface area contributed by atoms with Crippen LogP contribution in [0, 0.1) is 5.82 Å². The maximum atomic E-state index is 13.6. The molecular formula is C22H23FN4O3. The van der Waals surface area contributed by atoms with Gasteiger partial charge in [-0.05, 0) is 30.3 Å². The Bertz CT molecular complexity index is 974. The van der Waals surface area contributed by atoms with E-state index >= 15 is 0 Å². The van der Waals surface area contributed by atoms with Crippen LogP contribution in [0.2, 0.25) is 0 Å². The number of Topliss-reactive ketones (excluding diaryl/α,β-unsaturated/α-hetero) is 1. The van der Waals surface area contributed by atoms with Gasteiger partial charge in [-0.3, -0.25) is 24.2 Å². The maximum Gasteiger partial charge on any atom is 0.259 e. The number of para-hydroxylation sites is 1. The molecule has 0 atom stereocenters. The second-order valence-electron chi connectivity index (χ2n) is 7.47. The van der Waals surface area contributed by atoms with Crippen molar-refractivity contribution in [3.05, 3.63) is 65.5 Å². The highest BCUT2D eigenvalue weighted by atomic mass is 19.1. The zero-order valence-corrected chi connectivity index (χ0v) is 16.5. The summed E-state index contributed by atoms with van der Waals surface area (Å²) < 4.78 is 13.6. The predicted molar refractivity (Wildman–Crippen MR) is 110 cm³/mol. The van der Waals surface area contributed by atoms with Crippen LogP contribution >= 0.6 is 0 Å². The Morgan fingerprint density at radius 2 is 1.77 bits per heavy atom. The first kappa shape index (κ1) is 20.2. The van der Waals surface area contributed by atoms with Gasteiger partial charge in [0, 0.05) is 31.7 Å². The van der Waals surface area contributed by atoms with E-state index in [0.717, 1.165) is 26.2 Å². The quantitative estimate of drug-likeness (QED) is 0.806. The molecule has 2 aliphatic heterocycles. The number of hydrogen-bond donors (Lipinski definition) is 1. The number of ketones is 1. The summed E-state index contributed by atoms with van der Waals surface area (Å²) in [5, 5.41) is 3.24. The third kappa shape index (κ3) is 4.24. The highest BCUT2D eigenvalue weighted by Crippen LogP contribution is 2.28. The minimum atomic E-state index is -0.509. The fourth-order valence-corrected chi connectivity index (χ4v) is 3.83. The predicted octanol–water partition coefficient (Wildman–Crippen LogP) is 1.36. The standard InChI is InChI=1S/C22H23FN4O3/c23-17-5-3-4-16(12-17)21(29)27-15-26(22(30)19-6-1-2-7-20(19)27)14-18(28)13-25-10-8-24-9-11-25/h1-7,12,24H,8-11,13-15H2. The highest BCUT2D eigenvalue weighted by molar-refractivity contribution is 6.13. The summed E-state index contributed by atoms with van der Waals surface area (Å²) in [6, 6.07) is 12.2. The van der Waals surface area contributed by atoms with Gasteiger partial charge in [-0.1, -0.05) is 18.2 Å². The van der Waals surface area contributed by atoms with Crippen LogP contribution in [0.25, 0.3) is 0 Å². The van der Waals surface area contributed by atoms with Crippen molar-refractivity contribution in [1.82, 2.24) is 15.1 Å². The van der Waals surface area contributed by atoms with Gasteiger partial charge in [0.1, 0.15) is 12.5 Å². The molecule has 0 unspecified atom stereocenters. The summed E-state index contributed by atoms with van der Waals surface area (Å²) in [5.41, 5.74) is 0.997. The van der Waals surface area contributed by atoms with Gasteiger partial charge >= 0.3 is 0 Å². The van der Waals surface area contributed by atoms with Crippen LogP contribution in [0.15, 0.2) is 48.5 Å². The van der Waals surface area contributed by atoms with Crippen molar-refractivity contribution < 1.29 is 18.8 Å². The first-order chi connectivity index (χ1) is 14.5. The Labute approximate surface area is 174 Å². The molecule has 1 N–H and O–H groups in total. The fraction of sp³-hybridized carbons (Fsp3) is 0.318. The zero-order valence-electron chi connectivity index (χ0n) is 16.5. The number of fused-ring (bicyclic) bond motifs is 1. The Balaban J connectivity index is 1.55. The normalized spacial score (nSPS) is 17.0. The summed E-state index contributed by atoms with van der Waals surface area (Å²) in [7, 11) is 0. The molecular weight excluding hydrogens is 387 g/mol. The van der Waals surface area contributed by atoms with E-state index in [0.29, 0.717) is 11.3 Å². The monoisotopic (exact) mass is 410 g/mol. The third-order valence-corrected chi connectivity index (χ3v) is 5.32. The SMILES string of the molecule is O=C(CN1CCNCC1)CN1CN(C(=O)c2cccc(F)c2)c2ccccc2C1=O. The van der Waals surface area contributed by atoms with Crippen LogP contribution in [0.1, 0.15) is 20.7 Å². The number of hydrogen-bond acceptors (Lipinski definition) is 5. The second kappa shape index (κ2) is 8.73. The number of piperazine rings is 1. The number of amides is 2. The van der Waals surface area contributed by atoms with Gasteiger partial charge in [-0.15, -0.1) is 0 Å². The zero-order chi connectivity index (χ0) is 21.1. The van der Waals surface area contributed by atoms with Crippen molar-refractivity contribution in [2.75, 3.05) is 50.8 Å². The lowest BCUT2D eigenvalue weighted by Gasteiger charge is -2.37. The molecule has 2 heterocycles. The van der Waals surface area contributed by atoms with Gasteiger partial charge in [0.2, 0.25) is 0 Å². The Hall–Kier alpha value is -3.10. The molecule has 0 bridgehead atoms. The first-order valence-corrected chi connectivity index (χ1v) is 9.93. The molecule has 0 aliphatic carbocycles. The molecule has 2 amide bonds. The molecule has 2 aromatic carbocycles. The van der Waals surface area contributed by atoms with Crippen molar-refractivity contribution in [2.45, 2.75) is 0 Å². The minimum Gasteiger partial charge on any atom is -0.314 e. The van der Waals surface area contributed by atoms with E-state index in [4.69, 9.17) is 0 Å². The number of anilines is 1. The molecule has 30 heavy (non-hydrogen) atoms. The van der Waals surface area contributed by atoms with Crippen molar-refractivity contribution in [2.24, 2.45) is 0 Å². The van der Waals surface area contributed by atoms with Crippen LogP contribution < -0.4 is 10.2 Å². The van der Waals surface area contributed by atoms with E-state index in [1.807, 2.05) is 0 Å². The molecule has 0 saturated carbocycles. The van der Waals surface area contributed by atoms with E-state index in [-0.39, 0.29) is 37.0 Å². The van der Waals surface area contributed by atoms with Crippen molar-refractivity contribution in [3.63, 3.8) is 0 Å². The topological polar surface area (TPSA) is 73.0 Å². The maximum absolute atomic E-state index is 13.6. The van der Waals surface area contributed by atoms with Gasteiger partial charge in [-0.2, -0.15) is 0 Å². The van der Waals surface area contributed by atoms with Gasteiger partial charge in [0.25, 0.3) is 11.8 Å². The summed E-state index contributed by atoms with van der Waals surface area (Å²) >= 11 is 0. The van der Waals surface area contributed by atoms with Gasteiger partial charge in [0.15, 0.2) is 5.78 Å². The Morgan fingerprint density at radius 1 is 1.00 bits per heavy atom. The molecule has 0 radical (unpaired) electrons. The molecule has 4 rings (SSSR count). The molecule has 0 aromatic heterocycles. The summed E-state index contributed by atoms with van der Waals surface area (Å²) in [6.45, 7) is 3.37. The third-order valence-electron chi connectivity index (χ3n) is 5.32. The lowest BCUT2D eigenvalue weighted by molar-refractivity contribution is -0.121. The number of carbonyl (C=O) groups excluding carboxylic acids is 3. The summed E-state index contributed by atoms with van der Waals surface area (Å²) in [5.74, 6) is -1.30. The highest BCUT2D eigenvalue weighted by Gasteiger charge is 2.34. The van der Waals surface area contributed by atoms with Crippen molar-refractivity contribution in [3.8, 4) is 0 Å². The number of nitrogens with zero attached hydrogens (tertiary/aromatic N) is 3. The molecule has 2 aromatic rings. The van der Waals surface area contributed by atoms with Crippen molar-refractivity contribution in [1.29, 1.82) is 0 Å². The van der Waals surface area contributed by atoms with Crippen LogP contribution in [0.3, 0.4) is 0 Å². The van der Waals surface area contributed by atoms with Crippen LogP contribution in [0.5, 0.6) is 0 Å². The number of benzene rings is 2. The smallest absolute Gasteiger partial charge is 0.259 e.